The largest absolute Gasteiger partial charge is 0.355 e. The lowest BCUT2D eigenvalue weighted by atomic mass is 10.4. The molecule has 0 saturated carbocycles. The molecule has 17 heavy (non-hydrogen) atoms. The molecule has 0 aliphatic rings. The van der Waals surface area contributed by atoms with Crippen molar-refractivity contribution < 1.29 is 0 Å². The second-order valence-electron chi connectivity index (χ2n) is 4.00. The van der Waals surface area contributed by atoms with Crippen LogP contribution in [0.15, 0.2) is 12.5 Å². The average Bonchev–Trinajstić information content (AvgIpc) is 2.85. The maximum atomic E-state index is 4.42. The van der Waals surface area contributed by atoms with E-state index < -0.39 is 0 Å². The molecule has 0 radical (unpaired) electrons. The highest BCUT2D eigenvalue weighted by atomic mass is 15.3. The Morgan fingerprint density at radius 1 is 1.41 bits per heavy atom. The fourth-order valence-corrected chi connectivity index (χ4v) is 1.71. The molecule has 0 amide bonds. The van der Waals surface area contributed by atoms with E-state index in [-0.39, 0.29) is 0 Å². The number of aryl methyl sites for hydroxylation is 3. The van der Waals surface area contributed by atoms with Crippen molar-refractivity contribution in [3.8, 4) is 0 Å². The smallest absolute Gasteiger partial charge is 0.203 e. The summed E-state index contributed by atoms with van der Waals surface area (Å²) in [4.78, 5) is 8.60. The van der Waals surface area contributed by atoms with E-state index in [2.05, 4.69) is 31.9 Å². The van der Waals surface area contributed by atoms with E-state index in [0.29, 0.717) is 0 Å². The molecule has 0 aliphatic carbocycles. The van der Waals surface area contributed by atoms with E-state index in [1.807, 2.05) is 20.2 Å². The highest BCUT2D eigenvalue weighted by Gasteiger charge is 2.04. The molecule has 6 nitrogen and oxygen atoms in total. The monoisotopic (exact) mass is 234 g/mol. The molecule has 0 aromatic carbocycles. The van der Waals surface area contributed by atoms with Crippen LogP contribution in [0.25, 0.3) is 0 Å². The van der Waals surface area contributed by atoms with Crippen molar-refractivity contribution in [2.45, 2.75) is 26.8 Å². The standard InChI is InChI=1S/C11H18N6/c1-4-17-7-9(2)14-11(17)12-6-5-10-13-8-16(3)15-10/h7-8H,4-6H2,1-3H3,(H,12,14). The Hall–Kier alpha value is -1.85. The van der Waals surface area contributed by atoms with Gasteiger partial charge in [-0.05, 0) is 13.8 Å². The number of rotatable bonds is 5. The Morgan fingerprint density at radius 3 is 2.88 bits per heavy atom. The fraction of sp³-hybridized carbons (Fsp3) is 0.545. The molecule has 2 aromatic rings. The number of anilines is 1. The number of aromatic nitrogens is 5. The van der Waals surface area contributed by atoms with Crippen LogP contribution in [0.1, 0.15) is 18.4 Å². The summed E-state index contributed by atoms with van der Waals surface area (Å²) < 4.78 is 3.81. The van der Waals surface area contributed by atoms with Gasteiger partial charge in [-0.2, -0.15) is 5.10 Å². The highest BCUT2D eigenvalue weighted by molar-refractivity contribution is 5.28. The molecule has 0 unspecified atom stereocenters. The summed E-state index contributed by atoms with van der Waals surface area (Å²) in [5.41, 5.74) is 1.03. The minimum Gasteiger partial charge on any atom is -0.355 e. The molecule has 1 N–H and O–H groups in total. The summed E-state index contributed by atoms with van der Waals surface area (Å²) >= 11 is 0. The van der Waals surface area contributed by atoms with Gasteiger partial charge in [0, 0.05) is 32.8 Å². The molecule has 6 heteroatoms. The zero-order valence-corrected chi connectivity index (χ0v) is 10.5. The van der Waals surface area contributed by atoms with E-state index >= 15 is 0 Å². The summed E-state index contributed by atoms with van der Waals surface area (Å²) in [6.07, 6.45) is 4.56. The molecule has 2 rings (SSSR count). The van der Waals surface area contributed by atoms with Crippen LogP contribution in [0.2, 0.25) is 0 Å². The molecule has 0 spiro atoms. The number of nitrogens with one attached hydrogen (secondary N) is 1. The Morgan fingerprint density at radius 2 is 2.24 bits per heavy atom. The van der Waals surface area contributed by atoms with Gasteiger partial charge in [-0.1, -0.05) is 0 Å². The summed E-state index contributed by atoms with van der Waals surface area (Å²) in [6, 6.07) is 0. The number of hydrogen-bond donors (Lipinski definition) is 1. The lowest BCUT2D eigenvalue weighted by molar-refractivity contribution is 0.735. The predicted molar refractivity (Wildman–Crippen MR) is 65.8 cm³/mol. The van der Waals surface area contributed by atoms with Gasteiger partial charge < -0.3 is 9.88 Å². The molecular formula is C11H18N6. The van der Waals surface area contributed by atoms with Crippen molar-refractivity contribution in [3.63, 3.8) is 0 Å². The van der Waals surface area contributed by atoms with E-state index in [1.54, 1.807) is 11.0 Å². The van der Waals surface area contributed by atoms with Gasteiger partial charge >= 0.3 is 0 Å². The molecule has 0 aliphatic heterocycles. The van der Waals surface area contributed by atoms with Gasteiger partial charge in [-0.3, -0.25) is 4.68 Å². The van der Waals surface area contributed by atoms with Crippen molar-refractivity contribution in [1.82, 2.24) is 24.3 Å². The van der Waals surface area contributed by atoms with Crippen LogP contribution in [0.3, 0.4) is 0 Å². The molecule has 92 valence electrons. The van der Waals surface area contributed by atoms with Crippen molar-refractivity contribution in [2.75, 3.05) is 11.9 Å². The van der Waals surface area contributed by atoms with Crippen molar-refractivity contribution in [1.29, 1.82) is 0 Å². The molecule has 0 saturated heterocycles. The first-order valence-electron chi connectivity index (χ1n) is 5.81. The van der Waals surface area contributed by atoms with Crippen LogP contribution < -0.4 is 5.32 Å². The molecule has 2 heterocycles. The third-order valence-electron chi connectivity index (χ3n) is 2.52. The third kappa shape index (κ3) is 2.83. The van der Waals surface area contributed by atoms with Gasteiger partial charge in [-0.15, -0.1) is 0 Å². The number of imidazole rings is 1. The summed E-state index contributed by atoms with van der Waals surface area (Å²) in [5, 5.41) is 7.53. The maximum absolute atomic E-state index is 4.42. The quantitative estimate of drug-likeness (QED) is 0.838. The lowest BCUT2D eigenvalue weighted by Crippen LogP contribution is -2.10. The summed E-state index contributed by atoms with van der Waals surface area (Å²) in [7, 11) is 1.87. The summed E-state index contributed by atoms with van der Waals surface area (Å²) in [6.45, 7) is 5.82. The molecule has 0 bridgehead atoms. The lowest BCUT2D eigenvalue weighted by Gasteiger charge is -2.06. The van der Waals surface area contributed by atoms with Crippen LogP contribution in [-0.4, -0.2) is 30.9 Å². The first-order chi connectivity index (χ1) is 8.19. The topological polar surface area (TPSA) is 60.6 Å². The normalized spacial score (nSPS) is 10.8. The van der Waals surface area contributed by atoms with Gasteiger partial charge in [0.05, 0.1) is 5.69 Å². The van der Waals surface area contributed by atoms with Crippen molar-refractivity contribution in [2.24, 2.45) is 7.05 Å². The van der Waals surface area contributed by atoms with Crippen LogP contribution in [0.5, 0.6) is 0 Å². The fourth-order valence-electron chi connectivity index (χ4n) is 1.71. The van der Waals surface area contributed by atoms with Crippen molar-refractivity contribution >= 4 is 5.95 Å². The second-order valence-corrected chi connectivity index (χ2v) is 4.00. The minimum atomic E-state index is 0.792. The SMILES string of the molecule is CCn1cc(C)nc1NCCc1ncn(C)n1. The van der Waals surface area contributed by atoms with E-state index in [4.69, 9.17) is 0 Å². The first-order valence-corrected chi connectivity index (χ1v) is 5.81. The predicted octanol–water partition coefficient (Wildman–Crippen LogP) is 0.995. The van der Waals surface area contributed by atoms with Gasteiger partial charge in [0.1, 0.15) is 6.33 Å². The van der Waals surface area contributed by atoms with E-state index in [9.17, 15) is 0 Å². The zero-order valence-electron chi connectivity index (χ0n) is 10.5. The van der Waals surface area contributed by atoms with Gasteiger partial charge in [0.15, 0.2) is 5.82 Å². The summed E-state index contributed by atoms with van der Waals surface area (Å²) in [5.74, 6) is 1.77. The minimum absolute atomic E-state index is 0.792. The van der Waals surface area contributed by atoms with Gasteiger partial charge in [0.25, 0.3) is 0 Å². The van der Waals surface area contributed by atoms with Gasteiger partial charge in [0.2, 0.25) is 5.95 Å². The first kappa shape index (κ1) is 11.6. The van der Waals surface area contributed by atoms with Crippen LogP contribution in [0, 0.1) is 6.92 Å². The second kappa shape index (κ2) is 4.99. The molecule has 0 atom stereocenters. The molecular weight excluding hydrogens is 216 g/mol. The maximum Gasteiger partial charge on any atom is 0.203 e. The zero-order chi connectivity index (χ0) is 12.3. The number of hydrogen-bond acceptors (Lipinski definition) is 4. The third-order valence-corrected chi connectivity index (χ3v) is 2.52. The highest BCUT2D eigenvalue weighted by Crippen LogP contribution is 2.07. The van der Waals surface area contributed by atoms with Crippen LogP contribution in [-0.2, 0) is 20.0 Å². The van der Waals surface area contributed by atoms with E-state index in [1.165, 1.54) is 0 Å². The van der Waals surface area contributed by atoms with E-state index in [0.717, 1.165) is 37.0 Å². The number of nitrogens with zero attached hydrogens (tertiary/aromatic N) is 5. The Kier molecular flexibility index (Phi) is 3.41. The average molecular weight is 234 g/mol. The Balaban J connectivity index is 1.89. The van der Waals surface area contributed by atoms with Crippen molar-refractivity contribution in [3.05, 3.63) is 24.0 Å². The molecule has 0 fully saturated rings. The van der Waals surface area contributed by atoms with Crippen LogP contribution in [0.4, 0.5) is 5.95 Å². The van der Waals surface area contributed by atoms with Crippen LogP contribution >= 0.6 is 0 Å². The van der Waals surface area contributed by atoms with Gasteiger partial charge in [-0.25, -0.2) is 9.97 Å². The Bertz CT molecular complexity index is 484. The Labute approximate surface area is 101 Å². The molecule has 2 aromatic heterocycles.